The number of halogens is 1. The normalized spacial score (nSPS) is 11.2. The van der Waals surface area contributed by atoms with Crippen LogP contribution < -0.4 is 10.1 Å². The van der Waals surface area contributed by atoms with E-state index in [1.165, 1.54) is 6.26 Å². The highest BCUT2D eigenvalue weighted by atomic mass is 35.5. The summed E-state index contributed by atoms with van der Waals surface area (Å²) in [5, 5.41) is 3.77. The highest BCUT2D eigenvalue weighted by Crippen LogP contribution is 2.28. The van der Waals surface area contributed by atoms with Crippen LogP contribution in [0.15, 0.2) is 42.6 Å². The van der Waals surface area contributed by atoms with E-state index in [1.807, 2.05) is 18.2 Å². The zero-order chi connectivity index (χ0) is 16.0. The molecule has 0 bridgehead atoms. The Morgan fingerprint density at radius 1 is 1.27 bits per heavy atom. The van der Waals surface area contributed by atoms with E-state index in [1.54, 1.807) is 24.4 Å². The van der Waals surface area contributed by atoms with Crippen molar-refractivity contribution >= 4 is 27.1 Å². The maximum absolute atomic E-state index is 11.1. The number of anilines is 1. The topological polar surface area (TPSA) is 68.3 Å². The quantitative estimate of drug-likeness (QED) is 0.839. The van der Waals surface area contributed by atoms with E-state index in [4.69, 9.17) is 16.3 Å². The van der Waals surface area contributed by atoms with Gasteiger partial charge in [-0.15, -0.1) is 0 Å². The van der Waals surface area contributed by atoms with Gasteiger partial charge in [0.1, 0.15) is 12.4 Å². The van der Waals surface area contributed by atoms with Gasteiger partial charge in [-0.1, -0.05) is 17.7 Å². The van der Waals surface area contributed by atoms with Crippen molar-refractivity contribution in [2.24, 2.45) is 0 Å². The fourth-order valence-electron chi connectivity index (χ4n) is 1.76. The molecule has 2 aromatic rings. The minimum Gasteiger partial charge on any atom is -0.490 e. The number of nitrogens with one attached hydrogen (secondary N) is 1. The van der Waals surface area contributed by atoms with Crippen molar-refractivity contribution in [3.05, 3.63) is 53.3 Å². The second-order valence-corrected chi connectivity index (χ2v) is 7.49. The van der Waals surface area contributed by atoms with E-state index in [0.717, 1.165) is 5.69 Å². The van der Waals surface area contributed by atoms with Gasteiger partial charge in [-0.05, 0) is 30.3 Å². The number of nitrogens with zero attached hydrogens (tertiary/aromatic N) is 1. The molecule has 1 heterocycles. The number of hydrogen-bond acceptors (Lipinski definition) is 5. The Kier molecular flexibility index (Phi) is 5.63. The average molecular weight is 341 g/mol. The van der Waals surface area contributed by atoms with E-state index in [9.17, 15) is 8.42 Å². The number of pyridine rings is 1. The predicted octanol–water partition coefficient (Wildman–Crippen LogP) is 2.77. The molecule has 5 nitrogen and oxygen atoms in total. The van der Waals surface area contributed by atoms with Gasteiger partial charge in [0, 0.05) is 17.5 Å². The van der Waals surface area contributed by atoms with Crippen molar-refractivity contribution in [3.63, 3.8) is 0 Å². The lowest BCUT2D eigenvalue weighted by Crippen LogP contribution is -2.13. The SMILES string of the molecule is CS(=O)(=O)CCOc1ccc(Cl)cc1NCc1ccccn1. The summed E-state index contributed by atoms with van der Waals surface area (Å²) < 4.78 is 27.8. The molecule has 0 radical (unpaired) electrons. The molecule has 0 saturated carbocycles. The molecule has 0 spiro atoms. The molecule has 0 aliphatic heterocycles. The van der Waals surface area contributed by atoms with Crippen LogP contribution in [0, 0.1) is 0 Å². The Hall–Kier alpha value is -1.79. The number of sulfone groups is 1. The van der Waals surface area contributed by atoms with E-state index < -0.39 is 9.84 Å². The molecule has 22 heavy (non-hydrogen) atoms. The summed E-state index contributed by atoms with van der Waals surface area (Å²) in [4.78, 5) is 4.22. The van der Waals surface area contributed by atoms with Gasteiger partial charge in [0.05, 0.1) is 23.7 Å². The average Bonchev–Trinajstić information content (AvgIpc) is 2.47. The second kappa shape index (κ2) is 7.47. The summed E-state index contributed by atoms with van der Waals surface area (Å²) in [6.45, 7) is 0.613. The van der Waals surface area contributed by atoms with Crippen LogP contribution in [-0.2, 0) is 16.4 Å². The molecule has 0 fully saturated rings. The number of rotatable bonds is 7. The number of benzene rings is 1. The Bertz CT molecular complexity index is 721. The molecular weight excluding hydrogens is 324 g/mol. The Morgan fingerprint density at radius 3 is 2.77 bits per heavy atom. The molecule has 1 aromatic heterocycles. The molecule has 0 saturated heterocycles. The van der Waals surface area contributed by atoms with Gasteiger partial charge in [0.15, 0.2) is 9.84 Å². The molecule has 0 aliphatic carbocycles. The summed E-state index contributed by atoms with van der Waals surface area (Å²) in [7, 11) is -3.05. The van der Waals surface area contributed by atoms with Gasteiger partial charge in [-0.2, -0.15) is 0 Å². The van der Waals surface area contributed by atoms with Crippen LogP contribution in [0.25, 0.3) is 0 Å². The summed E-state index contributed by atoms with van der Waals surface area (Å²) in [5.41, 5.74) is 1.58. The highest BCUT2D eigenvalue weighted by molar-refractivity contribution is 7.90. The molecule has 7 heteroatoms. The number of aromatic nitrogens is 1. The van der Waals surface area contributed by atoms with Crippen LogP contribution in [-0.4, -0.2) is 32.0 Å². The van der Waals surface area contributed by atoms with Crippen LogP contribution >= 0.6 is 11.6 Å². The first kappa shape index (κ1) is 16.6. The summed E-state index contributed by atoms with van der Waals surface area (Å²) >= 11 is 6.00. The zero-order valence-electron chi connectivity index (χ0n) is 12.1. The van der Waals surface area contributed by atoms with E-state index in [0.29, 0.717) is 23.0 Å². The first-order chi connectivity index (χ1) is 10.4. The van der Waals surface area contributed by atoms with E-state index in [-0.39, 0.29) is 12.4 Å². The third kappa shape index (κ3) is 5.54. The Morgan fingerprint density at radius 2 is 2.09 bits per heavy atom. The molecule has 2 rings (SSSR count). The summed E-state index contributed by atoms with van der Waals surface area (Å²) in [6, 6.07) is 10.8. The fourth-order valence-corrected chi connectivity index (χ4v) is 2.32. The van der Waals surface area contributed by atoms with Crippen molar-refractivity contribution < 1.29 is 13.2 Å². The minimum absolute atomic E-state index is 0.0324. The van der Waals surface area contributed by atoms with Crippen LogP contribution in [0.1, 0.15) is 5.69 Å². The van der Waals surface area contributed by atoms with Crippen molar-refractivity contribution in [3.8, 4) is 5.75 Å². The van der Waals surface area contributed by atoms with Gasteiger partial charge >= 0.3 is 0 Å². The largest absolute Gasteiger partial charge is 0.490 e. The Balaban J connectivity index is 2.04. The monoisotopic (exact) mass is 340 g/mol. The molecule has 0 unspecified atom stereocenters. The summed E-state index contributed by atoms with van der Waals surface area (Å²) in [5.74, 6) is 0.527. The number of hydrogen-bond donors (Lipinski definition) is 1. The molecule has 0 amide bonds. The number of ether oxygens (including phenoxy) is 1. The van der Waals surface area contributed by atoms with Gasteiger partial charge in [-0.3, -0.25) is 4.98 Å². The predicted molar refractivity (Wildman–Crippen MR) is 88.2 cm³/mol. The van der Waals surface area contributed by atoms with Gasteiger partial charge < -0.3 is 10.1 Å². The van der Waals surface area contributed by atoms with Crippen molar-refractivity contribution in [1.29, 1.82) is 0 Å². The van der Waals surface area contributed by atoms with Gasteiger partial charge in [-0.25, -0.2) is 8.42 Å². The second-order valence-electron chi connectivity index (χ2n) is 4.79. The molecule has 0 atom stereocenters. The lowest BCUT2D eigenvalue weighted by Gasteiger charge is -2.13. The van der Waals surface area contributed by atoms with E-state index >= 15 is 0 Å². The minimum atomic E-state index is -3.05. The molecule has 1 aromatic carbocycles. The van der Waals surface area contributed by atoms with Crippen LogP contribution in [0.3, 0.4) is 0 Å². The smallest absolute Gasteiger partial charge is 0.150 e. The molecular formula is C15H17ClN2O3S. The van der Waals surface area contributed by atoms with Crippen LogP contribution in [0.4, 0.5) is 5.69 Å². The van der Waals surface area contributed by atoms with Crippen molar-refractivity contribution in [1.82, 2.24) is 4.98 Å². The lowest BCUT2D eigenvalue weighted by molar-refractivity contribution is 0.342. The first-order valence-electron chi connectivity index (χ1n) is 6.68. The summed E-state index contributed by atoms with van der Waals surface area (Å²) in [6.07, 6.45) is 2.90. The van der Waals surface area contributed by atoms with Crippen molar-refractivity contribution in [2.45, 2.75) is 6.54 Å². The van der Waals surface area contributed by atoms with E-state index in [2.05, 4.69) is 10.3 Å². The van der Waals surface area contributed by atoms with Gasteiger partial charge in [0.2, 0.25) is 0 Å². The third-order valence-corrected chi connectivity index (χ3v) is 3.98. The molecule has 118 valence electrons. The first-order valence-corrected chi connectivity index (χ1v) is 9.12. The lowest BCUT2D eigenvalue weighted by atomic mass is 10.2. The molecule has 0 aliphatic rings. The Labute approximate surface area is 135 Å². The van der Waals surface area contributed by atoms with Gasteiger partial charge in [0.25, 0.3) is 0 Å². The van der Waals surface area contributed by atoms with Crippen molar-refractivity contribution in [2.75, 3.05) is 23.9 Å². The van der Waals surface area contributed by atoms with Crippen LogP contribution in [0.5, 0.6) is 5.75 Å². The maximum Gasteiger partial charge on any atom is 0.150 e. The third-order valence-electron chi connectivity index (χ3n) is 2.84. The zero-order valence-corrected chi connectivity index (χ0v) is 13.7. The standard InChI is InChI=1S/C15H17ClN2O3S/c1-22(19,20)9-8-21-15-6-5-12(16)10-14(15)18-11-13-4-2-3-7-17-13/h2-7,10,18H,8-9,11H2,1H3. The van der Waals surface area contributed by atoms with Crippen LogP contribution in [0.2, 0.25) is 5.02 Å². The maximum atomic E-state index is 11.1. The molecule has 1 N–H and O–H groups in total. The fraction of sp³-hybridized carbons (Fsp3) is 0.267. The highest BCUT2D eigenvalue weighted by Gasteiger charge is 2.07.